The number of anilines is 1. The summed E-state index contributed by atoms with van der Waals surface area (Å²) in [5, 5.41) is 0. The average molecular weight is 524 g/mol. The highest BCUT2D eigenvalue weighted by atomic mass is 16.5. The first kappa shape index (κ1) is 24.8. The number of rotatable bonds is 4. The van der Waals surface area contributed by atoms with Gasteiger partial charge in [0.15, 0.2) is 5.78 Å². The van der Waals surface area contributed by atoms with Gasteiger partial charge in [-0.3, -0.25) is 4.79 Å². The van der Waals surface area contributed by atoms with E-state index in [0.29, 0.717) is 13.2 Å². The van der Waals surface area contributed by atoms with Crippen molar-refractivity contribution in [2.75, 3.05) is 25.2 Å². The van der Waals surface area contributed by atoms with Gasteiger partial charge < -0.3 is 9.64 Å². The minimum absolute atomic E-state index is 0.157. The first-order chi connectivity index (χ1) is 19.7. The maximum absolute atomic E-state index is 15.0. The molecule has 1 fully saturated rings. The van der Waals surface area contributed by atoms with Crippen LogP contribution >= 0.6 is 0 Å². The predicted molar refractivity (Wildman–Crippen MR) is 162 cm³/mol. The molecule has 2 aliphatic heterocycles. The van der Waals surface area contributed by atoms with E-state index in [0.717, 1.165) is 40.7 Å². The molecule has 2 spiro atoms. The van der Waals surface area contributed by atoms with Gasteiger partial charge >= 0.3 is 0 Å². The molecule has 0 saturated carbocycles. The topological polar surface area (TPSA) is 29.5 Å². The first-order valence-corrected chi connectivity index (χ1v) is 14.2. The van der Waals surface area contributed by atoms with Crippen molar-refractivity contribution in [3.8, 4) is 0 Å². The normalized spacial score (nSPS) is 23.0. The molecule has 1 saturated heterocycles. The summed E-state index contributed by atoms with van der Waals surface area (Å²) in [6, 6.07) is 39.7. The quantitative estimate of drug-likeness (QED) is 0.258. The molecule has 198 valence electrons. The van der Waals surface area contributed by atoms with Crippen LogP contribution in [0, 0.1) is 5.92 Å². The Labute approximate surface area is 236 Å². The number of ether oxygens (including phenoxy) is 1. The van der Waals surface area contributed by atoms with Crippen molar-refractivity contribution < 1.29 is 9.53 Å². The third-order valence-corrected chi connectivity index (χ3v) is 9.42. The zero-order chi connectivity index (χ0) is 27.2. The molecule has 2 atom stereocenters. The lowest BCUT2D eigenvalue weighted by Gasteiger charge is -2.55. The molecule has 0 amide bonds. The lowest BCUT2D eigenvalue weighted by Crippen LogP contribution is -2.64. The number of benzene rings is 4. The van der Waals surface area contributed by atoms with Gasteiger partial charge in [0.1, 0.15) is 0 Å². The number of Topliss-reactive ketones (excluding diaryl/α,β-unsaturated/α-hetero) is 1. The Bertz CT molecular complexity index is 1600. The van der Waals surface area contributed by atoms with E-state index >= 15 is 0 Å². The summed E-state index contributed by atoms with van der Waals surface area (Å²) in [7, 11) is 2.20. The molecule has 4 aromatic rings. The first-order valence-electron chi connectivity index (χ1n) is 14.2. The molecule has 1 aliphatic carbocycles. The molecule has 4 aromatic carbocycles. The summed E-state index contributed by atoms with van der Waals surface area (Å²) < 4.78 is 6.01. The van der Waals surface area contributed by atoms with Gasteiger partial charge in [-0.1, -0.05) is 109 Å². The van der Waals surface area contributed by atoms with Gasteiger partial charge in [0.2, 0.25) is 0 Å². The lowest BCUT2D eigenvalue weighted by atomic mass is 9.53. The summed E-state index contributed by atoms with van der Waals surface area (Å²) in [6.45, 7) is 1.35. The molecule has 3 heteroatoms. The second-order valence-electron chi connectivity index (χ2n) is 11.2. The third-order valence-electron chi connectivity index (χ3n) is 9.42. The van der Waals surface area contributed by atoms with Crippen LogP contribution in [0.4, 0.5) is 5.69 Å². The second kappa shape index (κ2) is 9.76. The zero-order valence-corrected chi connectivity index (χ0v) is 22.8. The van der Waals surface area contributed by atoms with E-state index in [-0.39, 0.29) is 11.2 Å². The molecule has 0 radical (unpaired) electrons. The molecule has 3 aliphatic rings. The third kappa shape index (κ3) is 3.58. The molecular formula is C37H33NO2. The minimum Gasteiger partial charge on any atom is -0.381 e. The SMILES string of the molecule is CN1c2ccccc2C2(CCOCC2)[C@@]12C=C(c1ccccc1)C=C(c1ccccc1)[C@H]2C(=O)c1ccccc1. The number of carbonyl (C=O) groups is 1. The van der Waals surface area contributed by atoms with Gasteiger partial charge in [0, 0.05) is 36.9 Å². The summed E-state index contributed by atoms with van der Waals surface area (Å²) in [5.74, 6) is -0.259. The summed E-state index contributed by atoms with van der Waals surface area (Å²) in [4.78, 5) is 17.4. The van der Waals surface area contributed by atoms with Crippen LogP contribution in [0.1, 0.15) is 39.9 Å². The number of hydrogen-bond acceptors (Lipinski definition) is 3. The van der Waals surface area contributed by atoms with Crippen LogP contribution in [0.3, 0.4) is 0 Å². The van der Waals surface area contributed by atoms with Crippen LogP contribution < -0.4 is 4.90 Å². The number of nitrogens with zero attached hydrogens (tertiary/aromatic N) is 1. The van der Waals surface area contributed by atoms with Crippen LogP contribution in [-0.2, 0) is 10.2 Å². The largest absolute Gasteiger partial charge is 0.381 e. The highest BCUT2D eigenvalue weighted by Gasteiger charge is 2.66. The van der Waals surface area contributed by atoms with Crippen molar-refractivity contribution in [3.63, 3.8) is 0 Å². The van der Waals surface area contributed by atoms with E-state index in [1.807, 2.05) is 36.4 Å². The van der Waals surface area contributed by atoms with Gasteiger partial charge in [-0.15, -0.1) is 0 Å². The van der Waals surface area contributed by atoms with Gasteiger partial charge in [-0.2, -0.15) is 0 Å². The second-order valence-corrected chi connectivity index (χ2v) is 11.2. The van der Waals surface area contributed by atoms with Crippen LogP contribution in [0.15, 0.2) is 127 Å². The van der Waals surface area contributed by atoms with Crippen LogP contribution in [0.2, 0.25) is 0 Å². The van der Waals surface area contributed by atoms with Gasteiger partial charge in [0.25, 0.3) is 0 Å². The maximum atomic E-state index is 15.0. The van der Waals surface area contributed by atoms with E-state index < -0.39 is 11.5 Å². The number of fused-ring (bicyclic) bond motifs is 3. The fraction of sp³-hybridized carbons (Fsp3) is 0.216. The Morgan fingerprint density at radius 3 is 2.00 bits per heavy atom. The van der Waals surface area contributed by atoms with E-state index in [2.05, 4.69) is 103 Å². The zero-order valence-electron chi connectivity index (χ0n) is 22.8. The Morgan fingerprint density at radius 1 is 0.750 bits per heavy atom. The Morgan fingerprint density at radius 2 is 1.32 bits per heavy atom. The molecule has 3 nitrogen and oxygen atoms in total. The maximum Gasteiger partial charge on any atom is 0.173 e. The van der Waals surface area contributed by atoms with Crippen molar-refractivity contribution >= 4 is 22.6 Å². The number of likely N-dealkylation sites (N-methyl/N-ethyl adjacent to an activating group) is 1. The lowest BCUT2D eigenvalue weighted by molar-refractivity contribution is 0.0230. The number of hydrogen-bond donors (Lipinski definition) is 0. The number of allylic oxidation sites excluding steroid dienone is 2. The van der Waals surface area contributed by atoms with E-state index in [1.165, 1.54) is 11.3 Å². The highest BCUT2D eigenvalue weighted by Crippen LogP contribution is 2.63. The number of para-hydroxylation sites is 1. The Kier molecular flexibility index (Phi) is 6.05. The molecule has 40 heavy (non-hydrogen) atoms. The molecule has 0 aromatic heterocycles. The molecule has 0 bridgehead atoms. The standard InChI is InChI=1S/C37H33NO2/c1-38-33-20-12-11-19-32(33)36(21-23-40-24-22-36)37(38)26-30(27-13-5-2-6-14-27)25-31(28-15-7-3-8-16-28)34(37)35(39)29-17-9-4-10-18-29/h2-20,25-26,34H,21-24H2,1H3/t34-,37-/m0/s1. The van der Waals surface area contributed by atoms with Crippen molar-refractivity contribution in [3.05, 3.63) is 150 Å². The van der Waals surface area contributed by atoms with Crippen LogP contribution in [0.5, 0.6) is 0 Å². The Balaban J connectivity index is 1.58. The summed E-state index contributed by atoms with van der Waals surface area (Å²) in [5.41, 5.74) is 6.83. The number of ketones is 1. The van der Waals surface area contributed by atoms with E-state index in [9.17, 15) is 4.79 Å². The highest BCUT2D eigenvalue weighted by molar-refractivity contribution is 6.10. The molecule has 0 unspecified atom stereocenters. The molecule has 0 N–H and O–H groups in total. The molecular weight excluding hydrogens is 490 g/mol. The minimum atomic E-state index is -0.626. The van der Waals surface area contributed by atoms with Gasteiger partial charge in [-0.25, -0.2) is 0 Å². The predicted octanol–water partition coefficient (Wildman–Crippen LogP) is 7.60. The fourth-order valence-corrected chi connectivity index (χ4v) is 7.64. The summed E-state index contributed by atoms with van der Waals surface area (Å²) in [6.07, 6.45) is 6.41. The fourth-order valence-electron chi connectivity index (χ4n) is 7.64. The van der Waals surface area contributed by atoms with Crippen LogP contribution in [-0.4, -0.2) is 31.6 Å². The average Bonchev–Trinajstić information content (AvgIpc) is 3.22. The van der Waals surface area contributed by atoms with Crippen molar-refractivity contribution in [2.45, 2.75) is 23.8 Å². The smallest absolute Gasteiger partial charge is 0.173 e. The van der Waals surface area contributed by atoms with Crippen molar-refractivity contribution in [1.82, 2.24) is 0 Å². The number of carbonyl (C=O) groups excluding carboxylic acids is 1. The molecule has 7 rings (SSSR count). The Hall–Kier alpha value is -4.21. The van der Waals surface area contributed by atoms with Crippen molar-refractivity contribution in [2.24, 2.45) is 5.92 Å². The van der Waals surface area contributed by atoms with Crippen LogP contribution in [0.25, 0.3) is 11.1 Å². The van der Waals surface area contributed by atoms with Crippen molar-refractivity contribution in [1.29, 1.82) is 0 Å². The summed E-state index contributed by atoms with van der Waals surface area (Å²) >= 11 is 0. The van der Waals surface area contributed by atoms with Gasteiger partial charge in [0.05, 0.1) is 11.5 Å². The molecule has 2 heterocycles. The van der Waals surface area contributed by atoms with Gasteiger partial charge in [-0.05, 0) is 58.9 Å². The van der Waals surface area contributed by atoms with E-state index in [1.54, 1.807) is 0 Å². The monoisotopic (exact) mass is 523 g/mol. The van der Waals surface area contributed by atoms with E-state index in [4.69, 9.17) is 4.74 Å².